The average Bonchev–Trinajstić information content (AvgIpc) is 3.27. The smallest absolute Gasteiger partial charge is 0.246 e. The molecule has 0 bridgehead atoms. The van der Waals surface area contributed by atoms with Crippen LogP contribution in [0.2, 0.25) is 0 Å². The first-order valence-corrected chi connectivity index (χ1v) is 10.9. The quantitative estimate of drug-likeness (QED) is 0.612. The molecule has 6 heteroatoms. The van der Waals surface area contributed by atoms with E-state index in [1.54, 1.807) is 11.0 Å². The fourth-order valence-electron chi connectivity index (χ4n) is 3.48. The Morgan fingerprint density at radius 1 is 1.00 bits per heavy atom. The van der Waals surface area contributed by atoms with Crippen molar-refractivity contribution in [3.63, 3.8) is 0 Å². The predicted molar refractivity (Wildman–Crippen MR) is 121 cm³/mol. The Bertz CT molecular complexity index is 1020. The fraction of sp³-hybridized carbons (Fsp3) is 0.208. The highest BCUT2D eigenvalue weighted by atomic mass is 32.1. The molecule has 4 rings (SSSR count). The molecule has 2 heterocycles. The molecule has 1 aliphatic rings. The van der Waals surface area contributed by atoms with Gasteiger partial charge in [0, 0.05) is 36.0 Å². The molecule has 1 fully saturated rings. The molecule has 2 aromatic carbocycles. The number of carbonyl (C=O) groups is 2. The maximum Gasteiger partial charge on any atom is 0.246 e. The molecule has 0 aliphatic carbocycles. The molecular weight excluding hydrogens is 394 g/mol. The van der Waals surface area contributed by atoms with Gasteiger partial charge in [-0.3, -0.25) is 9.59 Å². The van der Waals surface area contributed by atoms with Crippen molar-refractivity contribution in [1.82, 2.24) is 9.88 Å². The number of nitrogens with zero attached hydrogens (tertiary/aromatic N) is 2. The summed E-state index contributed by atoms with van der Waals surface area (Å²) in [5.41, 5.74) is 2.89. The third kappa shape index (κ3) is 5.02. The molecular formula is C24H23N3O2S. The van der Waals surface area contributed by atoms with E-state index in [1.165, 1.54) is 11.3 Å². The highest BCUT2D eigenvalue weighted by Gasteiger charge is 2.27. The molecule has 3 aromatic rings. The van der Waals surface area contributed by atoms with Gasteiger partial charge < -0.3 is 10.2 Å². The summed E-state index contributed by atoms with van der Waals surface area (Å²) < 4.78 is 0. The Labute approximate surface area is 180 Å². The molecule has 2 amide bonds. The van der Waals surface area contributed by atoms with Crippen LogP contribution in [-0.4, -0.2) is 34.8 Å². The van der Waals surface area contributed by atoms with Crippen molar-refractivity contribution in [2.24, 2.45) is 5.92 Å². The van der Waals surface area contributed by atoms with Crippen molar-refractivity contribution in [2.75, 3.05) is 18.4 Å². The first kappa shape index (κ1) is 20.0. The Morgan fingerprint density at radius 3 is 2.37 bits per heavy atom. The lowest BCUT2D eigenvalue weighted by atomic mass is 9.96. The molecule has 0 radical (unpaired) electrons. The average molecular weight is 418 g/mol. The number of anilines is 1. The Kier molecular flexibility index (Phi) is 6.35. The molecule has 1 N–H and O–H groups in total. The van der Waals surface area contributed by atoms with Gasteiger partial charge in [-0.1, -0.05) is 60.7 Å². The second-order valence-electron chi connectivity index (χ2n) is 7.24. The standard InChI is InChI=1S/C24H23N3O2S/c28-22(12-11-18-7-3-1-4-8-18)27-15-13-20(14-16-27)23(29)26-24-25-21(17-30-24)19-9-5-2-6-10-19/h1-12,17,20H,13-16H2,(H,25,26,29). The van der Waals surface area contributed by atoms with Gasteiger partial charge in [0.2, 0.25) is 11.8 Å². The summed E-state index contributed by atoms with van der Waals surface area (Å²) in [6.45, 7) is 1.17. The third-order valence-electron chi connectivity index (χ3n) is 5.20. The number of piperidine rings is 1. The number of thiazole rings is 1. The number of hydrogen-bond donors (Lipinski definition) is 1. The van der Waals surface area contributed by atoms with E-state index in [0.717, 1.165) is 16.8 Å². The zero-order valence-corrected chi connectivity index (χ0v) is 17.3. The zero-order chi connectivity index (χ0) is 20.8. The molecule has 1 aromatic heterocycles. The van der Waals surface area contributed by atoms with Crippen LogP contribution in [0.25, 0.3) is 17.3 Å². The highest BCUT2D eigenvalue weighted by Crippen LogP contribution is 2.26. The summed E-state index contributed by atoms with van der Waals surface area (Å²) in [4.78, 5) is 31.4. The Morgan fingerprint density at radius 2 is 1.67 bits per heavy atom. The van der Waals surface area contributed by atoms with Gasteiger partial charge in [-0.25, -0.2) is 4.98 Å². The monoisotopic (exact) mass is 417 g/mol. The van der Waals surface area contributed by atoms with Gasteiger partial charge >= 0.3 is 0 Å². The number of carbonyl (C=O) groups excluding carboxylic acids is 2. The number of amides is 2. The van der Waals surface area contributed by atoms with Crippen molar-refractivity contribution < 1.29 is 9.59 Å². The van der Waals surface area contributed by atoms with Crippen molar-refractivity contribution >= 4 is 34.4 Å². The Balaban J connectivity index is 1.28. The fourth-order valence-corrected chi connectivity index (χ4v) is 4.20. The molecule has 152 valence electrons. The van der Waals surface area contributed by atoms with E-state index in [4.69, 9.17) is 0 Å². The third-order valence-corrected chi connectivity index (χ3v) is 5.96. The summed E-state index contributed by atoms with van der Waals surface area (Å²) in [6.07, 6.45) is 4.76. The number of likely N-dealkylation sites (tertiary alicyclic amines) is 1. The van der Waals surface area contributed by atoms with Gasteiger partial charge in [-0.2, -0.15) is 0 Å². The summed E-state index contributed by atoms with van der Waals surface area (Å²) in [7, 11) is 0. The molecule has 30 heavy (non-hydrogen) atoms. The van der Waals surface area contributed by atoms with Gasteiger partial charge in [0.15, 0.2) is 5.13 Å². The minimum absolute atomic E-state index is 0.00913. The number of hydrogen-bond acceptors (Lipinski definition) is 4. The van der Waals surface area contributed by atoms with Crippen LogP contribution in [0, 0.1) is 5.92 Å². The van der Waals surface area contributed by atoms with E-state index >= 15 is 0 Å². The van der Waals surface area contributed by atoms with E-state index < -0.39 is 0 Å². The van der Waals surface area contributed by atoms with Crippen molar-refractivity contribution in [3.05, 3.63) is 77.7 Å². The summed E-state index contributed by atoms with van der Waals surface area (Å²) in [5.74, 6) is -0.128. The molecule has 1 saturated heterocycles. The van der Waals surface area contributed by atoms with E-state index in [9.17, 15) is 9.59 Å². The largest absolute Gasteiger partial charge is 0.339 e. The van der Waals surface area contributed by atoms with Crippen LogP contribution in [0.15, 0.2) is 72.1 Å². The minimum atomic E-state index is -0.101. The minimum Gasteiger partial charge on any atom is -0.339 e. The van der Waals surface area contributed by atoms with Gasteiger partial charge in [-0.15, -0.1) is 11.3 Å². The topological polar surface area (TPSA) is 62.3 Å². The lowest BCUT2D eigenvalue weighted by molar-refractivity contribution is -0.130. The molecule has 1 aliphatic heterocycles. The van der Waals surface area contributed by atoms with E-state index in [2.05, 4.69) is 10.3 Å². The van der Waals surface area contributed by atoms with Crippen molar-refractivity contribution in [2.45, 2.75) is 12.8 Å². The number of benzene rings is 2. The number of nitrogens with one attached hydrogen (secondary N) is 1. The summed E-state index contributed by atoms with van der Waals surface area (Å²) >= 11 is 1.43. The van der Waals surface area contributed by atoms with Crippen LogP contribution >= 0.6 is 11.3 Å². The lowest BCUT2D eigenvalue weighted by Crippen LogP contribution is -2.40. The lowest BCUT2D eigenvalue weighted by Gasteiger charge is -2.30. The normalized spacial score (nSPS) is 14.7. The number of aromatic nitrogens is 1. The van der Waals surface area contributed by atoms with Crippen LogP contribution in [0.3, 0.4) is 0 Å². The molecule has 0 saturated carbocycles. The highest BCUT2D eigenvalue weighted by molar-refractivity contribution is 7.14. The predicted octanol–water partition coefficient (Wildman–Crippen LogP) is 4.70. The number of rotatable bonds is 5. The van der Waals surface area contributed by atoms with Crippen LogP contribution in [0.5, 0.6) is 0 Å². The second kappa shape index (κ2) is 9.50. The molecule has 5 nitrogen and oxygen atoms in total. The van der Waals surface area contributed by atoms with Crippen molar-refractivity contribution in [1.29, 1.82) is 0 Å². The van der Waals surface area contributed by atoms with Crippen LogP contribution in [-0.2, 0) is 9.59 Å². The molecule has 0 unspecified atom stereocenters. The van der Waals surface area contributed by atoms with Gasteiger partial charge in [0.05, 0.1) is 5.69 Å². The maximum atomic E-state index is 12.6. The molecule has 0 atom stereocenters. The molecule has 0 spiro atoms. The van der Waals surface area contributed by atoms with E-state index in [1.807, 2.05) is 72.1 Å². The van der Waals surface area contributed by atoms with E-state index in [-0.39, 0.29) is 17.7 Å². The van der Waals surface area contributed by atoms with Gasteiger partial charge in [0.1, 0.15) is 0 Å². The van der Waals surface area contributed by atoms with Crippen LogP contribution in [0.4, 0.5) is 5.13 Å². The SMILES string of the molecule is O=C(Nc1nc(-c2ccccc2)cs1)C1CCN(C(=O)C=Cc2ccccc2)CC1. The summed E-state index contributed by atoms with van der Waals surface area (Å²) in [6, 6.07) is 19.7. The van der Waals surface area contributed by atoms with E-state index in [0.29, 0.717) is 31.1 Å². The zero-order valence-electron chi connectivity index (χ0n) is 16.5. The maximum absolute atomic E-state index is 12.6. The van der Waals surface area contributed by atoms with Crippen molar-refractivity contribution in [3.8, 4) is 11.3 Å². The van der Waals surface area contributed by atoms with Crippen LogP contribution in [0.1, 0.15) is 18.4 Å². The first-order chi connectivity index (χ1) is 14.7. The summed E-state index contributed by atoms with van der Waals surface area (Å²) in [5, 5.41) is 5.51. The van der Waals surface area contributed by atoms with Crippen LogP contribution < -0.4 is 5.32 Å². The second-order valence-corrected chi connectivity index (χ2v) is 8.09. The first-order valence-electron chi connectivity index (χ1n) is 10.0. The van der Waals surface area contributed by atoms with Gasteiger partial charge in [-0.05, 0) is 24.5 Å². The Hall–Kier alpha value is -3.25. The van der Waals surface area contributed by atoms with Gasteiger partial charge in [0.25, 0.3) is 0 Å².